The lowest BCUT2D eigenvalue weighted by atomic mass is 10.1. The molecule has 0 heterocycles. The average molecular weight is 227 g/mol. The first-order chi connectivity index (χ1) is 5.74. The van der Waals surface area contributed by atoms with Crippen LogP contribution in [0.4, 0.5) is 0 Å². The van der Waals surface area contributed by atoms with Crippen LogP contribution in [0.25, 0.3) is 5.57 Å². The molecule has 0 aliphatic rings. The Bertz CT molecular complexity index is 274. The van der Waals surface area contributed by atoms with E-state index in [4.69, 9.17) is 5.11 Å². The number of halogens is 1. The molecule has 1 aromatic rings. The zero-order valence-electron chi connectivity index (χ0n) is 6.92. The highest BCUT2D eigenvalue weighted by Gasteiger charge is 1.93. The number of rotatable bonds is 2. The monoisotopic (exact) mass is 226 g/mol. The zero-order chi connectivity index (χ0) is 8.97. The summed E-state index contributed by atoms with van der Waals surface area (Å²) in [6.45, 7) is 2.08. The Morgan fingerprint density at radius 3 is 2.50 bits per heavy atom. The molecule has 0 atom stereocenters. The fourth-order valence-electron chi connectivity index (χ4n) is 0.968. The quantitative estimate of drug-likeness (QED) is 0.823. The molecule has 0 aromatic heterocycles. The van der Waals surface area contributed by atoms with E-state index in [-0.39, 0.29) is 6.61 Å². The van der Waals surface area contributed by atoms with Crippen LogP contribution in [-0.4, -0.2) is 11.7 Å². The minimum absolute atomic E-state index is 0.0991. The number of aliphatic hydroxyl groups excluding tert-OH is 1. The summed E-state index contributed by atoms with van der Waals surface area (Å²) in [5, 5.41) is 8.67. The highest BCUT2D eigenvalue weighted by molar-refractivity contribution is 9.10. The van der Waals surface area contributed by atoms with E-state index >= 15 is 0 Å². The van der Waals surface area contributed by atoms with Gasteiger partial charge in [0.25, 0.3) is 0 Å². The first-order valence-corrected chi connectivity index (χ1v) is 4.57. The van der Waals surface area contributed by atoms with Gasteiger partial charge in [-0.3, -0.25) is 0 Å². The second kappa shape index (κ2) is 4.43. The molecule has 0 aliphatic carbocycles. The number of hydrogen-bond acceptors (Lipinski definition) is 1. The van der Waals surface area contributed by atoms with Crippen molar-refractivity contribution in [3.05, 3.63) is 40.4 Å². The van der Waals surface area contributed by atoms with Gasteiger partial charge in [-0.05, 0) is 30.2 Å². The fourth-order valence-corrected chi connectivity index (χ4v) is 1.23. The molecule has 0 unspecified atom stereocenters. The van der Waals surface area contributed by atoms with Gasteiger partial charge < -0.3 is 5.11 Å². The van der Waals surface area contributed by atoms with Crippen LogP contribution in [0.5, 0.6) is 0 Å². The van der Waals surface area contributed by atoms with Crippen molar-refractivity contribution in [3.63, 3.8) is 0 Å². The van der Waals surface area contributed by atoms with Gasteiger partial charge in [-0.1, -0.05) is 34.1 Å². The molecule has 0 fully saturated rings. The Balaban J connectivity index is 2.89. The van der Waals surface area contributed by atoms with Crippen molar-refractivity contribution in [2.45, 2.75) is 6.92 Å². The van der Waals surface area contributed by atoms with E-state index in [0.29, 0.717) is 0 Å². The number of benzene rings is 1. The predicted octanol–water partition coefficient (Wildman–Crippen LogP) is 2.84. The van der Waals surface area contributed by atoms with Crippen molar-refractivity contribution in [3.8, 4) is 0 Å². The minimum atomic E-state index is 0.0991. The summed E-state index contributed by atoms with van der Waals surface area (Å²) in [5.41, 5.74) is 2.25. The Morgan fingerprint density at radius 1 is 1.42 bits per heavy atom. The SMILES string of the molecule is C/C(=C/CO)c1ccc(Br)cc1. The molecule has 1 nitrogen and oxygen atoms in total. The maximum absolute atomic E-state index is 8.67. The summed E-state index contributed by atoms with van der Waals surface area (Å²) in [6.07, 6.45) is 1.79. The van der Waals surface area contributed by atoms with Gasteiger partial charge in [-0.15, -0.1) is 0 Å². The molecule has 0 bridgehead atoms. The molecule has 1 rings (SSSR count). The molecule has 0 aliphatic heterocycles. The molecular formula is C10H11BrO. The summed E-state index contributed by atoms with van der Waals surface area (Å²) < 4.78 is 1.07. The zero-order valence-corrected chi connectivity index (χ0v) is 8.51. The molecule has 0 saturated carbocycles. The van der Waals surface area contributed by atoms with Crippen molar-refractivity contribution in [2.24, 2.45) is 0 Å². The maximum atomic E-state index is 8.67. The van der Waals surface area contributed by atoms with Crippen LogP contribution >= 0.6 is 15.9 Å². The Morgan fingerprint density at radius 2 is 2.00 bits per heavy atom. The van der Waals surface area contributed by atoms with Crippen molar-refractivity contribution in [1.29, 1.82) is 0 Å². The molecule has 0 saturated heterocycles. The normalized spacial score (nSPS) is 11.8. The standard InChI is InChI=1S/C10H11BrO/c1-8(6-7-12)9-2-4-10(11)5-3-9/h2-6,12H,7H2,1H3/b8-6-. The van der Waals surface area contributed by atoms with E-state index < -0.39 is 0 Å². The van der Waals surface area contributed by atoms with Crippen molar-refractivity contribution < 1.29 is 5.11 Å². The molecule has 64 valence electrons. The smallest absolute Gasteiger partial charge is 0.0618 e. The summed E-state index contributed by atoms with van der Waals surface area (Å²) in [7, 11) is 0. The molecular weight excluding hydrogens is 216 g/mol. The maximum Gasteiger partial charge on any atom is 0.0618 e. The lowest BCUT2D eigenvalue weighted by Crippen LogP contribution is -1.81. The van der Waals surface area contributed by atoms with Crippen molar-refractivity contribution >= 4 is 21.5 Å². The molecule has 12 heavy (non-hydrogen) atoms. The largest absolute Gasteiger partial charge is 0.392 e. The third kappa shape index (κ3) is 2.47. The summed E-state index contributed by atoms with van der Waals surface area (Å²) in [4.78, 5) is 0. The van der Waals surface area contributed by atoms with Crippen LogP contribution in [0.15, 0.2) is 34.8 Å². The number of hydrogen-bond donors (Lipinski definition) is 1. The third-order valence-corrected chi connectivity index (χ3v) is 2.23. The van der Waals surface area contributed by atoms with Crippen LogP contribution in [0.3, 0.4) is 0 Å². The first-order valence-electron chi connectivity index (χ1n) is 3.77. The van der Waals surface area contributed by atoms with Crippen LogP contribution in [0, 0.1) is 0 Å². The van der Waals surface area contributed by atoms with Gasteiger partial charge in [0, 0.05) is 4.47 Å². The molecule has 0 amide bonds. The highest BCUT2D eigenvalue weighted by atomic mass is 79.9. The van der Waals surface area contributed by atoms with Gasteiger partial charge in [-0.25, -0.2) is 0 Å². The number of aliphatic hydroxyl groups is 1. The highest BCUT2D eigenvalue weighted by Crippen LogP contribution is 2.16. The van der Waals surface area contributed by atoms with Crippen LogP contribution in [-0.2, 0) is 0 Å². The van der Waals surface area contributed by atoms with Gasteiger partial charge >= 0.3 is 0 Å². The van der Waals surface area contributed by atoms with Crippen LogP contribution < -0.4 is 0 Å². The average Bonchev–Trinajstić information content (AvgIpc) is 2.06. The van der Waals surface area contributed by atoms with Gasteiger partial charge in [-0.2, -0.15) is 0 Å². The van der Waals surface area contributed by atoms with Gasteiger partial charge in [0.1, 0.15) is 0 Å². The third-order valence-electron chi connectivity index (χ3n) is 1.70. The van der Waals surface area contributed by atoms with E-state index in [1.807, 2.05) is 31.2 Å². The van der Waals surface area contributed by atoms with Gasteiger partial charge in [0.2, 0.25) is 0 Å². The van der Waals surface area contributed by atoms with Gasteiger partial charge in [0.05, 0.1) is 6.61 Å². The van der Waals surface area contributed by atoms with Crippen LogP contribution in [0.1, 0.15) is 12.5 Å². The van der Waals surface area contributed by atoms with E-state index in [0.717, 1.165) is 15.6 Å². The molecule has 2 heteroatoms. The second-order valence-corrected chi connectivity index (χ2v) is 3.49. The van der Waals surface area contributed by atoms with Crippen molar-refractivity contribution in [1.82, 2.24) is 0 Å². The van der Waals surface area contributed by atoms with E-state index in [1.165, 1.54) is 0 Å². The Hall–Kier alpha value is -0.600. The Kier molecular flexibility index (Phi) is 3.50. The molecule has 0 spiro atoms. The lowest BCUT2D eigenvalue weighted by molar-refractivity contribution is 0.343. The molecule has 1 N–H and O–H groups in total. The van der Waals surface area contributed by atoms with Gasteiger partial charge in [0.15, 0.2) is 0 Å². The molecule has 0 radical (unpaired) electrons. The Labute approximate surface area is 80.9 Å². The topological polar surface area (TPSA) is 20.2 Å². The minimum Gasteiger partial charge on any atom is -0.392 e. The summed E-state index contributed by atoms with van der Waals surface area (Å²) in [5.74, 6) is 0. The lowest BCUT2D eigenvalue weighted by Gasteiger charge is -2.00. The first kappa shape index (κ1) is 9.49. The summed E-state index contributed by atoms with van der Waals surface area (Å²) in [6, 6.07) is 8.02. The van der Waals surface area contributed by atoms with E-state index in [2.05, 4.69) is 15.9 Å². The van der Waals surface area contributed by atoms with Crippen molar-refractivity contribution in [2.75, 3.05) is 6.61 Å². The fraction of sp³-hybridized carbons (Fsp3) is 0.200. The molecule has 1 aromatic carbocycles. The predicted molar refractivity (Wildman–Crippen MR) is 54.9 cm³/mol. The number of allylic oxidation sites excluding steroid dienone is 1. The second-order valence-electron chi connectivity index (χ2n) is 2.58. The van der Waals surface area contributed by atoms with E-state index in [1.54, 1.807) is 6.08 Å². The van der Waals surface area contributed by atoms with E-state index in [9.17, 15) is 0 Å². The van der Waals surface area contributed by atoms with Crippen LogP contribution in [0.2, 0.25) is 0 Å². The summed E-state index contributed by atoms with van der Waals surface area (Å²) >= 11 is 3.36.